The van der Waals surface area contributed by atoms with Crippen LogP contribution in [0.5, 0.6) is 5.75 Å². The Morgan fingerprint density at radius 3 is 2.74 bits per heavy atom. The number of nitrogens with zero attached hydrogens (tertiary/aromatic N) is 1. The number of halogens is 2. The van der Waals surface area contributed by atoms with E-state index in [1.54, 1.807) is 48.5 Å². The maximum absolute atomic E-state index is 12.2. The van der Waals surface area contributed by atoms with Crippen LogP contribution in [0.3, 0.4) is 0 Å². The molecule has 0 aliphatic carbocycles. The third kappa shape index (κ3) is 5.35. The molecular weight excluding hydrogens is 456 g/mol. The van der Waals surface area contributed by atoms with Gasteiger partial charge in [0.05, 0.1) is 10.6 Å². The van der Waals surface area contributed by atoms with E-state index in [4.69, 9.17) is 21.4 Å². The number of carboxylic acids is 1. The van der Waals surface area contributed by atoms with Gasteiger partial charge in [-0.2, -0.15) is 0 Å². The van der Waals surface area contributed by atoms with Crippen molar-refractivity contribution in [3.8, 4) is 5.75 Å². The molecule has 0 bridgehead atoms. The minimum absolute atomic E-state index is 0.295. The van der Waals surface area contributed by atoms with Crippen molar-refractivity contribution < 1.29 is 19.4 Å². The van der Waals surface area contributed by atoms with E-state index >= 15 is 0 Å². The Labute approximate surface area is 172 Å². The van der Waals surface area contributed by atoms with E-state index in [0.29, 0.717) is 32.1 Å². The van der Waals surface area contributed by atoms with E-state index in [9.17, 15) is 9.59 Å². The average molecular weight is 468 g/mol. The fraction of sp³-hybridized carbons (Fsp3) is 0.0556. The minimum atomic E-state index is -1.08. The molecule has 1 aliphatic heterocycles. The number of carboxylic acid groups (broad SMARTS) is 1. The Morgan fingerprint density at radius 2 is 2.04 bits per heavy atom. The number of carbonyl (C=O) groups excluding carboxylic acids is 1. The molecule has 3 rings (SSSR count). The van der Waals surface area contributed by atoms with Gasteiger partial charge < -0.3 is 15.2 Å². The molecule has 1 amide bonds. The molecule has 1 saturated heterocycles. The zero-order valence-corrected chi connectivity index (χ0v) is 16.8. The highest BCUT2D eigenvalue weighted by atomic mass is 79.9. The SMILES string of the molecule is O=C(O)COc1ccc(Br)cc1/C=C1/SC(=Nc2ccc(Cl)cc2)NC1=O. The number of rotatable bonds is 5. The second kappa shape index (κ2) is 8.60. The third-order valence-electron chi connectivity index (χ3n) is 3.32. The number of thioether (sulfide) groups is 1. The summed E-state index contributed by atoms with van der Waals surface area (Å²) < 4.78 is 6.06. The third-order valence-corrected chi connectivity index (χ3v) is 4.97. The molecule has 9 heteroatoms. The maximum atomic E-state index is 12.2. The first-order valence-electron chi connectivity index (χ1n) is 7.60. The van der Waals surface area contributed by atoms with Crippen LogP contribution in [-0.2, 0) is 9.59 Å². The van der Waals surface area contributed by atoms with Crippen molar-refractivity contribution in [1.29, 1.82) is 0 Å². The molecule has 1 aliphatic rings. The molecule has 1 fully saturated rings. The molecule has 6 nitrogen and oxygen atoms in total. The Morgan fingerprint density at radius 1 is 1.30 bits per heavy atom. The van der Waals surface area contributed by atoms with Gasteiger partial charge in [-0.05, 0) is 60.3 Å². The topological polar surface area (TPSA) is 88.0 Å². The van der Waals surface area contributed by atoms with Gasteiger partial charge in [0.2, 0.25) is 0 Å². The molecule has 1 heterocycles. The number of hydrogen-bond donors (Lipinski definition) is 2. The van der Waals surface area contributed by atoms with Crippen LogP contribution in [-0.4, -0.2) is 28.8 Å². The highest BCUT2D eigenvalue weighted by Crippen LogP contribution is 2.32. The Hall–Kier alpha value is -2.29. The lowest BCUT2D eigenvalue weighted by Gasteiger charge is -2.08. The summed E-state index contributed by atoms with van der Waals surface area (Å²) in [6.45, 7) is -0.472. The van der Waals surface area contributed by atoms with Gasteiger partial charge in [0.15, 0.2) is 11.8 Å². The van der Waals surface area contributed by atoms with E-state index < -0.39 is 12.6 Å². The number of carbonyl (C=O) groups is 2. The lowest BCUT2D eigenvalue weighted by atomic mass is 10.2. The largest absolute Gasteiger partial charge is 0.481 e. The summed E-state index contributed by atoms with van der Waals surface area (Å²) in [6.07, 6.45) is 1.63. The molecule has 0 radical (unpaired) electrons. The standard InChI is InChI=1S/C18H12BrClN2O4S/c19-11-1-6-14(26-9-16(23)24)10(7-11)8-15-17(25)22-18(27-15)21-13-4-2-12(20)3-5-13/h1-8H,9H2,(H,23,24)(H,21,22,25)/b15-8+. The zero-order chi connectivity index (χ0) is 19.4. The first kappa shape index (κ1) is 19.5. The van der Waals surface area contributed by atoms with Crippen LogP contribution in [0.1, 0.15) is 5.56 Å². The van der Waals surface area contributed by atoms with E-state index in [-0.39, 0.29) is 5.91 Å². The van der Waals surface area contributed by atoms with Crippen LogP contribution in [0.2, 0.25) is 5.02 Å². The Bertz CT molecular complexity index is 960. The summed E-state index contributed by atoms with van der Waals surface area (Å²) >= 11 is 10.4. The number of aliphatic carboxylic acids is 1. The highest BCUT2D eigenvalue weighted by Gasteiger charge is 2.24. The van der Waals surface area contributed by atoms with Gasteiger partial charge in [0.1, 0.15) is 5.75 Å². The molecule has 2 aromatic rings. The lowest BCUT2D eigenvalue weighted by molar-refractivity contribution is -0.139. The maximum Gasteiger partial charge on any atom is 0.341 e. The van der Waals surface area contributed by atoms with Gasteiger partial charge >= 0.3 is 5.97 Å². The van der Waals surface area contributed by atoms with Gasteiger partial charge in [-0.15, -0.1) is 0 Å². The first-order chi connectivity index (χ1) is 12.9. The summed E-state index contributed by atoms with van der Waals surface area (Å²) in [6, 6.07) is 12.0. The number of benzene rings is 2. The molecular formula is C18H12BrClN2O4S. The van der Waals surface area contributed by atoms with Gasteiger partial charge in [-0.1, -0.05) is 27.5 Å². The first-order valence-corrected chi connectivity index (χ1v) is 9.59. The van der Waals surface area contributed by atoms with E-state index in [2.05, 4.69) is 26.2 Å². The van der Waals surface area contributed by atoms with E-state index in [1.807, 2.05) is 0 Å². The van der Waals surface area contributed by atoms with Crippen molar-refractivity contribution in [2.45, 2.75) is 0 Å². The highest BCUT2D eigenvalue weighted by molar-refractivity contribution is 9.10. The minimum Gasteiger partial charge on any atom is -0.481 e. The second-order valence-corrected chi connectivity index (χ2v) is 7.71. The van der Waals surface area contributed by atoms with Gasteiger partial charge in [0.25, 0.3) is 5.91 Å². The molecule has 27 heavy (non-hydrogen) atoms. The predicted molar refractivity (Wildman–Crippen MR) is 110 cm³/mol. The Balaban J connectivity index is 1.85. The summed E-state index contributed by atoms with van der Waals surface area (Å²) in [5.41, 5.74) is 1.24. The van der Waals surface area contributed by atoms with Crippen molar-refractivity contribution in [3.63, 3.8) is 0 Å². The van der Waals surface area contributed by atoms with Crippen molar-refractivity contribution >= 4 is 68.1 Å². The fourth-order valence-corrected chi connectivity index (χ4v) is 3.50. The van der Waals surface area contributed by atoms with Crippen LogP contribution >= 0.6 is 39.3 Å². The molecule has 138 valence electrons. The molecule has 0 atom stereocenters. The Kier molecular flexibility index (Phi) is 6.20. The van der Waals surface area contributed by atoms with Crippen LogP contribution in [0.25, 0.3) is 6.08 Å². The number of amidine groups is 1. The quantitative estimate of drug-likeness (QED) is 0.634. The van der Waals surface area contributed by atoms with Crippen LogP contribution < -0.4 is 10.1 Å². The van der Waals surface area contributed by atoms with Gasteiger partial charge in [-0.3, -0.25) is 4.79 Å². The number of ether oxygens (including phenoxy) is 1. The molecule has 2 N–H and O–H groups in total. The second-order valence-electron chi connectivity index (χ2n) is 5.32. The summed E-state index contributed by atoms with van der Waals surface area (Å²) in [5, 5.41) is 12.5. The smallest absolute Gasteiger partial charge is 0.341 e. The normalized spacial score (nSPS) is 16.6. The molecule has 2 aromatic carbocycles. The summed E-state index contributed by atoms with van der Waals surface area (Å²) in [7, 11) is 0. The molecule has 0 aromatic heterocycles. The van der Waals surface area contributed by atoms with Crippen molar-refractivity contribution in [2.24, 2.45) is 4.99 Å². The van der Waals surface area contributed by atoms with Crippen molar-refractivity contribution in [1.82, 2.24) is 5.32 Å². The number of nitrogens with one attached hydrogen (secondary N) is 1. The number of hydrogen-bond acceptors (Lipinski definition) is 5. The molecule has 0 unspecified atom stereocenters. The van der Waals surface area contributed by atoms with Crippen molar-refractivity contribution in [3.05, 3.63) is 62.4 Å². The number of aliphatic imine (C=N–C) groups is 1. The summed E-state index contributed by atoms with van der Waals surface area (Å²) in [5.74, 6) is -1.01. The fourth-order valence-electron chi connectivity index (χ4n) is 2.16. The average Bonchev–Trinajstić information content (AvgIpc) is 2.95. The van der Waals surface area contributed by atoms with Crippen LogP contribution in [0, 0.1) is 0 Å². The lowest BCUT2D eigenvalue weighted by Crippen LogP contribution is -2.19. The zero-order valence-electron chi connectivity index (χ0n) is 13.6. The summed E-state index contributed by atoms with van der Waals surface area (Å²) in [4.78, 5) is 27.8. The predicted octanol–water partition coefficient (Wildman–Crippen LogP) is 4.46. The van der Waals surface area contributed by atoms with Gasteiger partial charge in [0, 0.05) is 15.1 Å². The van der Waals surface area contributed by atoms with E-state index in [1.165, 1.54) is 11.8 Å². The molecule has 0 spiro atoms. The van der Waals surface area contributed by atoms with Crippen LogP contribution in [0.4, 0.5) is 5.69 Å². The van der Waals surface area contributed by atoms with Crippen LogP contribution in [0.15, 0.2) is 56.8 Å². The monoisotopic (exact) mass is 466 g/mol. The number of amides is 1. The van der Waals surface area contributed by atoms with E-state index in [0.717, 1.165) is 4.47 Å². The van der Waals surface area contributed by atoms with Gasteiger partial charge in [-0.25, -0.2) is 9.79 Å². The molecule has 0 saturated carbocycles. The van der Waals surface area contributed by atoms with Crippen molar-refractivity contribution in [2.75, 3.05) is 6.61 Å².